The van der Waals surface area contributed by atoms with Gasteiger partial charge in [0.05, 0.1) is 11.1 Å². The van der Waals surface area contributed by atoms with Crippen molar-refractivity contribution in [3.05, 3.63) is 87.9 Å². The van der Waals surface area contributed by atoms with Crippen molar-refractivity contribution in [2.45, 2.75) is 19.9 Å². The molecule has 0 aliphatic rings. The Labute approximate surface area is 189 Å². The molecule has 0 saturated carbocycles. The van der Waals surface area contributed by atoms with Crippen molar-refractivity contribution in [3.8, 4) is 0 Å². The summed E-state index contributed by atoms with van der Waals surface area (Å²) in [4.78, 5) is 24.9. The molecular formula is C23H19Cl2N5O. The van der Waals surface area contributed by atoms with Crippen LogP contribution in [0.15, 0.2) is 60.8 Å². The molecule has 2 N–H and O–H groups in total. The van der Waals surface area contributed by atoms with Crippen LogP contribution in [-0.2, 0) is 0 Å². The molecule has 0 bridgehead atoms. The zero-order valence-corrected chi connectivity index (χ0v) is 18.4. The highest BCUT2D eigenvalue weighted by molar-refractivity contribution is 6.29. The number of hydrogen-bond acceptors (Lipinski definition) is 5. The monoisotopic (exact) mass is 451 g/mol. The highest BCUT2D eigenvalue weighted by atomic mass is 35.5. The maximum Gasteiger partial charge on any atom is 0.257 e. The van der Waals surface area contributed by atoms with Crippen molar-refractivity contribution in [2.24, 2.45) is 0 Å². The Morgan fingerprint density at radius 2 is 1.77 bits per heavy atom. The normalized spacial score (nSPS) is 11.9. The minimum Gasteiger partial charge on any atom is -0.363 e. The summed E-state index contributed by atoms with van der Waals surface area (Å²) in [6, 6.07) is 16.7. The number of nitrogens with one attached hydrogen (secondary N) is 2. The summed E-state index contributed by atoms with van der Waals surface area (Å²) in [7, 11) is 0. The molecule has 2 aromatic heterocycles. The third-order valence-electron chi connectivity index (χ3n) is 4.84. The van der Waals surface area contributed by atoms with Gasteiger partial charge in [0.15, 0.2) is 0 Å². The number of hydrogen-bond donors (Lipinski definition) is 2. The molecule has 31 heavy (non-hydrogen) atoms. The van der Waals surface area contributed by atoms with Gasteiger partial charge in [0.2, 0.25) is 5.28 Å². The van der Waals surface area contributed by atoms with Gasteiger partial charge in [0.1, 0.15) is 11.0 Å². The number of nitrogens with zero attached hydrogens (tertiary/aromatic N) is 3. The topological polar surface area (TPSA) is 79.8 Å². The molecular weight excluding hydrogens is 433 g/mol. The zero-order chi connectivity index (χ0) is 22.0. The predicted octanol–water partition coefficient (Wildman–Crippen LogP) is 6.07. The number of rotatable bonds is 5. The molecule has 4 rings (SSSR count). The lowest BCUT2D eigenvalue weighted by Gasteiger charge is -2.17. The quantitative estimate of drug-likeness (QED) is 0.284. The minimum absolute atomic E-state index is 0.0410. The fraction of sp³-hybridized carbons (Fsp3) is 0.130. The summed E-state index contributed by atoms with van der Waals surface area (Å²) in [5, 5.41) is 7.70. The predicted molar refractivity (Wildman–Crippen MR) is 125 cm³/mol. The van der Waals surface area contributed by atoms with E-state index in [1.807, 2.05) is 56.3 Å². The SMILES string of the molecule is Cc1ccc2c(N[C@@H](C)c3ccc(NC(=O)c4ccc(Cl)nc4)cc3)nc(Cl)nc2c1. The molecule has 0 aliphatic carbocycles. The van der Waals surface area contributed by atoms with Crippen LogP contribution in [0.4, 0.5) is 11.5 Å². The number of benzene rings is 2. The lowest BCUT2D eigenvalue weighted by atomic mass is 10.1. The van der Waals surface area contributed by atoms with Crippen LogP contribution in [0, 0.1) is 6.92 Å². The molecule has 2 heterocycles. The highest BCUT2D eigenvalue weighted by Crippen LogP contribution is 2.27. The summed E-state index contributed by atoms with van der Waals surface area (Å²) in [5.74, 6) is 0.426. The summed E-state index contributed by atoms with van der Waals surface area (Å²) in [5.41, 5.74) is 4.05. The largest absolute Gasteiger partial charge is 0.363 e. The van der Waals surface area contributed by atoms with Gasteiger partial charge in [-0.1, -0.05) is 29.8 Å². The van der Waals surface area contributed by atoms with Gasteiger partial charge >= 0.3 is 0 Å². The van der Waals surface area contributed by atoms with Crippen LogP contribution in [0.1, 0.15) is 34.5 Å². The van der Waals surface area contributed by atoms with Gasteiger partial charge < -0.3 is 10.6 Å². The Morgan fingerprint density at radius 3 is 2.48 bits per heavy atom. The number of carbonyl (C=O) groups excluding carboxylic acids is 1. The van der Waals surface area contributed by atoms with Crippen LogP contribution in [0.3, 0.4) is 0 Å². The van der Waals surface area contributed by atoms with E-state index >= 15 is 0 Å². The number of halogens is 2. The van der Waals surface area contributed by atoms with E-state index in [0.717, 1.165) is 22.0 Å². The molecule has 1 amide bonds. The van der Waals surface area contributed by atoms with Gasteiger partial charge in [-0.05, 0) is 73.0 Å². The summed E-state index contributed by atoms with van der Waals surface area (Å²) in [6.07, 6.45) is 1.44. The molecule has 0 radical (unpaired) electrons. The Bertz CT molecular complexity index is 1240. The second kappa shape index (κ2) is 8.88. The van der Waals surface area contributed by atoms with Gasteiger partial charge in [-0.3, -0.25) is 4.79 Å². The molecule has 0 fully saturated rings. The first-order chi connectivity index (χ1) is 14.9. The van der Waals surface area contributed by atoms with E-state index in [4.69, 9.17) is 23.2 Å². The van der Waals surface area contributed by atoms with Crippen molar-refractivity contribution in [3.63, 3.8) is 0 Å². The molecule has 6 nitrogen and oxygen atoms in total. The zero-order valence-electron chi connectivity index (χ0n) is 16.9. The number of aryl methyl sites for hydroxylation is 1. The fourth-order valence-electron chi connectivity index (χ4n) is 3.18. The number of pyridine rings is 1. The van der Waals surface area contributed by atoms with E-state index in [1.54, 1.807) is 12.1 Å². The smallest absolute Gasteiger partial charge is 0.257 e. The van der Waals surface area contributed by atoms with Gasteiger partial charge in [-0.25, -0.2) is 15.0 Å². The first kappa shape index (κ1) is 21.0. The highest BCUT2D eigenvalue weighted by Gasteiger charge is 2.12. The average molecular weight is 452 g/mol. The summed E-state index contributed by atoms with van der Waals surface area (Å²) in [6.45, 7) is 4.04. The molecule has 2 aromatic carbocycles. The molecule has 0 saturated heterocycles. The van der Waals surface area contributed by atoms with Crippen LogP contribution in [0.5, 0.6) is 0 Å². The van der Waals surface area contributed by atoms with Gasteiger partial charge in [-0.15, -0.1) is 0 Å². The number of amides is 1. The van der Waals surface area contributed by atoms with E-state index in [9.17, 15) is 4.79 Å². The third kappa shape index (κ3) is 4.93. The molecule has 1 atom stereocenters. The number of fused-ring (bicyclic) bond motifs is 1. The van der Waals surface area contributed by atoms with Crippen LogP contribution in [-0.4, -0.2) is 20.9 Å². The molecule has 0 aliphatic heterocycles. The Hall–Kier alpha value is -3.22. The van der Waals surface area contributed by atoms with Gasteiger partial charge in [0.25, 0.3) is 5.91 Å². The minimum atomic E-state index is -0.250. The number of carbonyl (C=O) groups is 1. The van der Waals surface area contributed by atoms with Crippen molar-refractivity contribution in [2.75, 3.05) is 10.6 Å². The van der Waals surface area contributed by atoms with E-state index in [-0.39, 0.29) is 17.2 Å². The lowest BCUT2D eigenvalue weighted by molar-refractivity contribution is 0.102. The van der Waals surface area contributed by atoms with E-state index in [0.29, 0.717) is 22.2 Å². The van der Waals surface area contributed by atoms with Crippen LogP contribution in [0.2, 0.25) is 10.4 Å². The second-order valence-electron chi connectivity index (χ2n) is 7.17. The van der Waals surface area contributed by atoms with E-state index in [1.165, 1.54) is 6.20 Å². The van der Waals surface area contributed by atoms with Crippen molar-refractivity contribution >= 4 is 51.5 Å². The number of aromatic nitrogens is 3. The summed E-state index contributed by atoms with van der Waals surface area (Å²) >= 11 is 11.9. The Kier molecular flexibility index (Phi) is 6.02. The molecule has 8 heteroatoms. The first-order valence-electron chi connectivity index (χ1n) is 9.62. The van der Waals surface area contributed by atoms with Crippen molar-refractivity contribution < 1.29 is 4.79 Å². The van der Waals surface area contributed by atoms with Crippen LogP contribution in [0.25, 0.3) is 10.9 Å². The maximum atomic E-state index is 12.3. The van der Waals surface area contributed by atoms with Crippen molar-refractivity contribution in [1.82, 2.24) is 15.0 Å². The number of anilines is 2. The summed E-state index contributed by atoms with van der Waals surface area (Å²) < 4.78 is 0. The standard InChI is InChI=1S/C23H19Cl2N5O/c1-13-3-9-18-19(11-13)29-23(25)30-21(18)27-14(2)15-4-7-17(8-5-15)28-22(31)16-6-10-20(24)26-12-16/h3-12,14H,1-2H3,(H,28,31)(H,27,29,30)/t14-/m0/s1. The Balaban J connectivity index is 1.49. The first-order valence-corrected chi connectivity index (χ1v) is 10.4. The maximum absolute atomic E-state index is 12.3. The van der Waals surface area contributed by atoms with Gasteiger partial charge in [0, 0.05) is 23.3 Å². The van der Waals surface area contributed by atoms with E-state index < -0.39 is 0 Å². The molecule has 0 unspecified atom stereocenters. The Morgan fingerprint density at radius 1 is 1.00 bits per heavy atom. The molecule has 4 aromatic rings. The average Bonchev–Trinajstić information content (AvgIpc) is 2.74. The lowest BCUT2D eigenvalue weighted by Crippen LogP contribution is -2.12. The molecule has 0 spiro atoms. The van der Waals surface area contributed by atoms with E-state index in [2.05, 4.69) is 25.6 Å². The van der Waals surface area contributed by atoms with Gasteiger partial charge in [-0.2, -0.15) is 0 Å². The van der Waals surface area contributed by atoms with Crippen LogP contribution >= 0.6 is 23.2 Å². The fourth-order valence-corrected chi connectivity index (χ4v) is 3.47. The third-order valence-corrected chi connectivity index (χ3v) is 5.23. The molecule has 156 valence electrons. The van der Waals surface area contributed by atoms with Crippen LogP contribution < -0.4 is 10.6 Å². The van der Waals surface area contributed by atoms with Crippen molar-refractivity contribution in [1.29, 1.82) is 0 Å². The second-order valence-corrected chi connectivity index (χ2v) is 7.90.